The second-order valence-electron chi connectivity index (χ2n) is 5.23. The molecule has 1 nitrogen and oxygen atoms in total. The van der Waals surface area contributed by atoms with Gasteiger partial charge in [-0.15, -0.1) is 0 Å². The summed E-state index contributed by atoms with van der Waals surface area (Å²) in [5.74, 6) is 1.09. The maximum atomic E-state index is 12.2. The zero-order valence-corrected chi connectivity index (χ0v) is 9.49. The van der Waals surface area contributed by atoms with E-state index in [1.165, 1.54) is 12.8 Å². The maximum Gasteiger partial charge on any atom is 0.168 e. The van der Waals surface area contributed by atoms with E-state index in [1.807, 2.05) is 30.3 Å². The van der Waals surface area contributed by atoms with Crippen LogP contribution in [0.2, 0.25) is 0 Å². The predicted molar refractivity (Wildman–Crippen MR) is 61.9 cm³/mol. The maximum absolute atomic E-state index is 12.2. The van der Waals surface area contributed by atoms with Gasteiger partial charge >= 0.3 is 0 Å². The molecule has 0 saturated heterocycles. The van der Waals surface area contributed by atoms with Crippen LogP contribution in [0.25, 0.3) is 0 Å². The summed E-state index contributed by atoms with van der Waals surface area (Å²) < 4.78 is 0. The van der Waals surface area contributed by atoms with Crippen molar-refractivity contribution in [2.75, 3.05) is 0 Å². The third kappa shape index (κ3) is 2.47. The van der Waals surface area contributed by atoms with Gasteiger partial charge < -0.3 is 0 Å². The van der Waals surface area contributed by atoms with Crippen LogP contribution < -0.4 is 0 Å². The van der Waals surface area contributed by atoms with E-state index in [0.717, 1.165) is 17.9 Å². The zero-order valence-electron chi connectivity index (χ0n) is 9.49. The summed E-state index contributed by atoms with van der Waals surface area (Å²) in [7, 11) is 0. The molecule has 1 heteroatoms. The predicted octanol–water partition coefficient (Wildman–Crippen LogP) is 3.70. The van der Waals surface area contributed by atoms with Gasteiger partial charge in [-0.25, -0.2) is 0 Å². The van der Waals surface area contributed by atoms with Gasteiger partial charge in [0, 0.05) is 11.0 Å². The molecule has 0 heterocycles. The summed E-state index contributed by atoms with van der Waals surface area (Å²) in [5, 5.41) is 0. The van der Waals surface area contributed by atoms with Gasteiger partial charge in [-0.2, -0.15) is 0 Å². The van der Waals surface area contributed by atoms with Crippen molar-refractivity contribution in [2.45, 2.75) is 33.1 Å². The van der Waals surface area contributed by atoms with Crippen LogP contribution in [0.3, 0.4) is 0 Å². The lowest BCUT2D eigenvalue weighted by Crippen LogP contribution is -2.24. The monoisotopic (exact) mass is 202 g/mol. The van der Waals surface area contributed by atoms with Crippen molar-refractivity contribution in [1.29, 1.82) is 0 Å². The fraction of sp³-hybridized carbons (Fsp3) is 0.500. The molecule has 0 aliphatic heterocycles. The molecule has 0 amide bonds. The Balaban J connectivity index is 2.12. The van der Waals surface area contributed by atoms with Crippen LogP contribution in [0.15, 0.2) is 30.3 Å². The van der Waals surface area contributed by atoms with Crippen LogP contribution in [0, 0.1) is 11.3 Å². The molecule has 0 unspecified atom stereocenters. The molecule has 1 fully saturated rings. The molecule has 1 aromatic carbocycles. The van der Waals surface area contributed by atoms with Crippen molar-refractivity contribution in [3.05, 3.63) is 35.9 Å². The first-order valence-corrected chi connectivity index (χ1v) is 5.69. The van der Waals surface area contributed by atoms with E-state index in [0.29, 0.717) is 0 Å². The molecule has 0 bridgehead atoms. The minimum Gasteiger partial charge on any atom is -0.294 e. The molecule has 15 heavy (non-hydrogen) atoms. The van der Waals surface area contributed by atoms with E-state index >= 15 is 0 Å². The molecule has 0 spiro atoms. The summed E-state index contributed by atoms with van der Waals surface area (Å²) in [6.07, 6.45) is 3.66. The quantitative estimate of drug-likeness (QED) is 0.680. The normalized spacial score (nSPS) is 16.4. The van der Waals surface area contributed by atoms with Gasteiger partial charge in [0.1, 0.15) is 0 Å². The largest absolute Gasteiger partial charge is 0.294 e. The van der Waals surface area contributed by atoms with Crippen LogP contribution in [-0.2, 0) is 0 Å². The fourth-order valence-corrected chi connectivity index (χ4v) is 2.12. The van der Waals surface area contributed by atoms with Crippen LogP contribution >= 0.6 is 0 Å². The first kappa shape index (κ1) is 10.4. The van der Waals surface area contributed by atoms with E-state index in [2.05, 4.69) is 13.8 Å². The number of carbonyl (C=O) groups excluding carboxylic acids is 1. The number of hydrogen-bond donors (Lipinski definition) is 0. The van der Waals surface area contributed by atoms with Crippen molar-refractivity contribution in [3.63, 3.8) is 0 Å². The SMILES string of the molecule is CC(C)(CC1CC1)C(=O)c1ccccc1. The van der Waals surface area contributed by atoms with E-state index in [4.69, 9.17) is 0 Å². The molecular formula is C14H18O. The highest BCUT2D eigenvalue weighted by molar-refractivity contribution is 6.00. The van der Waals surface area contributed by atoms with Crippen molar-refractivity contribution in [3.8, 4) is 0 Å². The molecule has 1 aromatic rings. The lowest BCUT2D eigenvalue weighted by Gasteiger charge is -2.22. The highest BCUT2D eigenvalue weighted by Crippen LogP contribution is 2.41. The molecule has 0 radical (unpaired) electrons. The number of rotatable bonds is 4. The summed E-state index contributed by atoms with van der Waals surface area (Å²) in [5.41, 5.74) is 0.658. The van der Waals surface area contributed by atoms with Gasteiger partial charge in [-0.1, -0.05) is 57.0 Å². The molecule has 0 aromatic heterocycles. The molecule has 2 rings (SSSR count). The van der Waals surface area contributed by atoms with Crippen LogP contribution in [0.5, 0.6) is 0 Å². The Labute approximate surface area is 91.5 Å². The Bertz CT molecular complexity index is 347. The summed E-state index contributed by atoms with van der Waals surface area (Å²) in [6.45, 7) is 4.14. The molecule has 1 saturated carbocycles. The Hall–Kier alpha value is -1.11. The second-order valence-corrected chi connectivity index (χ2v) is 5.23. The Kier molecular flexibility index (Phi) is 2.64. The smallest absolute Gasteiger partial charge is 0.168 e. The van der Waals surface area contributed by atoms with Crippen molar-refractivity contribution >= 4 is 5.78 Å². The lowest BCUT2D eigenvalue weighted by molar-refractivity contribution is 0.0818. The van der Waals surface area contributed by atoms with Crippen molar-refractivity contribution in [1.82, 2.24) is 0 Å². The molecule has 80 valence electrons. The third-order valence-electron chi connectivity index (χ3n) is 3.15. The Morgan fingerprint density at radius 1 is 1.27 bits per heavy atom. The average Bonchev–Trinajstić information content (AvgIpc) is 3.01. The number of hydrogen-bond acceptors (Lipinski definition) is 1. The van der Waals surface area contributed by atoms with Crippen molar-refractivity contribution in [2.24, 2.45) is 11.3 Å². The standard InChI is InChI=1S/C14H18O/c1-14(2,10-11-8-9-11)13(15)12-6-4-3-5-7-12/h3-7,11H,8-10H2,1-2H3. The van der Waals surface area contributed by atoms with Gasteiger partial charge in [-0.3, -0.25) is 4.79 Å². The van der Waals surface area contributed by atoms with Gasteiger partial charge in [0.2, 0.25) is 0 Å². The molecule has 0 N–H and O–H groups in total. The first-order valence-electron chi connectivity index (χ1n) is 5.69. The van der Waals surface area contributed by atoms with E-state index in [-0.39, 0.29) is 11.2 Å². The third-order valence-corrected chi connectivity index (χ3v) is 3.15. The van der Waals surface area contributed by atoms with Gasteiger partial charge in [0.25, 0.3) is 0 Å². The van der Waals surface area contributed by atoms with Gasteiger partial charge in [-0.05, 0) is 12.3 Å². The highest BCUT2D eigenvalue weighted by atomic mass is 16.1. The number of carbonyl (C=O) groups is 1. The molecular weight excluding hydrogens is 184 g/mol. The van der Waals surface area contributed by atoms with Crippen molar-refractivity contribution < 1.29 is 4.79 Å². The molecule has 0 atom stereocenters. The highest BCUT2D eigenvalue weighted by Gasteiger charge is 2.35. The number of benzene rings is 1. The van der Waals surface area contributed by atoms with Crippen LogP contribution in [0.4, 0.5) is 0 Å². The minimum atomic E-state index is -0.192. The minimum absolute atomic E-state index is 0.192. The Morgan fingerprint density at radius 2 is 1.87 bits per heavy atom. The molecule has 1 aliphatic carbocycles. The van der Waals surface area contributed by atoms with Crippen LogP contribution in [-0.4, -0.2) is 5.78 Å². The second kappa shape index (κ2) is 3.80. The first-order chi connectivity index (χ1) is 7.09. The average molecular weight is 202 g/mol. The molecule has 1 aliphatic rings. The Morgan fingerprint density at radius 3 is 2.40 bits per heavy atom. The topological polar surface area (TPSA) is 17.1 Å². The van der Waals surface area contributed by atoms with Gasteiger partial charge in [0.05, 0.1) is 0 Å². The lowest BCUT2D eigenvalue weighted by atomic mass is 9.80. The van der Waals surface area contributed by atoms with E-state index in [9.17, 15) is 4.79 Å². The number of ketones is 1. The summed E-state index contributed by atoms with van der Waals surface area (Å²) >= 11 is 0. The van der Waals surface area contributed by atoms with E-state index < -0.39 is 0 Å². The summed E-state index contributed by atoms with van der Waals surface area (Å²) in [4.78, 5) is 12.2. The van der Waals surface area contributed by atoms with E-state index in [1.54, 1.807) is 0 Å². The fourth-order valence-electron chi connectivity index (χ4n) is 2.12. The number of Topliss-reactive ketones (excluding diaryl/α,β-unsaturated/α-hetero) is 1. The van der Waals surface area contributed by atoms with Crippen LogP contribution in [0.1, 0.15) is 43.5 Å². The zero-order chi connectivity index (χ0) is 10.9. The summed E-state index contributed by atoms with van der Waals surface area (Å²) in [6, 6.07) is 9.64. The van der Waals surface area contributed by atoms with Gasteiger partial charge in [0.15, 0.2) is 5.78 Å².